The molecule has 1 unspecified atom stereocenters. The molecule has 0 radical (unpaired) electrons. The standard InChI is InChI=1S/C11H12BrClN2S/c1-2-7-6-14-11(16-7)15-9-5-3-4-8(13)10(9)12/h3-5,7H,2,6H2,1H3,(H,14,15). The first-order valence-corrected chi connectivity index (χ1v) is 7.18. The Bertz CT molecular complexity index is 422. The highest BCUT2D eigenvalue weighted by Crippen LogP contribution is 2.32. The summed E-state index contributed by atoms with van der Waals surface area (Å²) in [5.41, 5.74) is 0.968. The molecular weight excluding hydrogens is 308 g/mol. The number of rotatable bonds is 2. The van der Waals surface area contributed by atoms with Crippen LogP contribution in [0.2, 0.25) is 5.02 Å². The molecule has 1 aromatic rings. The maximum atomic E-state index is 6.02. The molecule has 0 aromatic heterocycles. The molecule has 86 valence electrons. The van der Waals surface area contributed by atoms with E-state index in [1.807, 2.05) is 18.2 Å². The van der Waals surface area contributed by atoms with Gasteiger partial charge < -0.3 is 5.32 Å². The molecule has 0 amide bonds. The van der Waals surface area contributed by atoms with Gasteiger partial charge in [-0.25, -0.2) is 0 Å². The van der Waals surface area contributed by atoms with Crippen molar-refractivity contribution in [1.29, 1.82) is 0 Å². The Morgan fingerprint density at radius 1 is 1.62 bits per heavy atom. The van der Waals surface area contributed by atoms with Crippen LogP contribution in [0, 0.1) is 0 Å². The van der Waals surface area contributed by atoms with Gasteiger partial charge in [0.2, 0.25) is 0 Å². The minimum absolute atomic E-state index is 0.612. The molecule has 0 spiro atoms. The molecular formula is C11H12BrClN2S. The quantitative estimate of drug-likeness (QED) is 0.874. The minimum Gasteiger partial charge on any atom is -0.334 e. The van der Waals surface area contributed by atoms with Crippen LogP contribution in [0.25, 0.3) is 0 Å². The van der Waals surface area contributed by atoms with E-state index in [-0.39, 0.29) is 0 Å². The number of amidine groups is 1. The second-order valence-electron chi connectivity index (χ2n) is 3.52. The molecule has 16 heavy (non-hydrogen) atoms. The molecule has 0 fully saturated rings. The van der Waals surface area contributed by atoms with Crippen molar-refractivity contribution in [3.63, 3.8) is 0 Å². The van der Waals surface area contributed by atoms with Crippen LogP contribution in [0.3, 0.4) is 0 Å². The summed E-state index contributed by atoms with van der Waals surface area (Å²) in [6.45, 7) is 3.09. The number of hydrogen-bond donors (Lipinski definition) is 1. The summed E-state index contributed by atoms with van der Waals surface area (Å²) < 4.78 is 0.889. The molecule has 1 aliphatic rings. The van der Waals surface area contributed by atoms with Gasteiger partial charge in [0.05, 0.1) is 21.7 Å². The smallest absolute Gasteiger partial charge is 0.161 e. The third kappa shape index (κ3) is 2.73. The first-order valence-electron chi connectivity index (χ1n) is 5.13. The predicted octanol–water partition coefficient (Wildman–Crippen LogP) is 4.40. The van der Waals surface area contributed by atoms with Gasteiger partial charge in [-0.05, 0) is 34.5 Å². The van der Waals surface area contributed by atoms with E-state index in [4.69, 9.17) is 11.6 Å². The Kier molecular flexibility index (Phi) is 4.16. The number of anilines is 1. The number of halogens is 2. The van der Waals surface area contributed by atoms with E-state index in [2.05, 4.69) is 33.2 Å². The van der Waals surface area contributed by atoms with E-state index in [0.29, 0.717) is 10.3 Å². The van der Waals surface area contributed by atoms with E-state index in [0.717, 1.165) is 28.3 Å². The number of aliphatic imine (C=N–C) groups is 1. The zero-order valence-corrected chi connectivity index (χ0v) is 12.0. The molecule has 2 rings (SSSR count). The fraction of sp³-hybridized carbons (Fsp3) is 0.364. The van der Waals surface area contributed by atoms with E-state index < -0.39 is 0 Å². The topological polar surface area (TPSA) is 24.4 Å². The van der Waals surface area contributed by atoms with Crippen molar-refractivity contribution in [2.24, 2.45) is 4.99 Å². The molecule has 0 saturated heterocycles. The monoisotopic (exact) mass is 318 g/mol. The fourth-order valence-corrected chi connectivity index (χ4v) is 2.90. The van der Waals surface area contributed by atoms with Gasteiger partial charge in [0.15, 0.2) is 5.17 Å². The van der Waals surface area contributed by atoms with Crippen molar-refractivity contribution in [1.82, 2.24) is 0 Å². The van der Waals surface area contributed by atoms with Gasteiger partial charge >= 0.3 is 0 Å². The Labute approximate surface area is 113 Å². The lowest BCUT2D eigenvalue weighted by molar-refractivity contribution is 0.843. The fourth-order valence-electron chi connectivity index (χ4n) is 1.41. The molecule has 0 aliphatic carbocycles. The van der Waals surface area contributed by atoms with Crippen LogP contribution in [-0.2, 0) is 0 Å². The molecule has 5 heteroatoms. The summed E-state index contributed by atoms with van der Waals surface area (Å²) in [7, 11) is 0. The largest absolute Gasteiger partial charge is 0.334 e. The lowest BCUT2D eigenvalue weighted by atomic mass is 10.3. The van der Waals surface area contributed by atoms with Crippen LogP contribution in [-0.4, -0.2) is 17.0 Å². The summed E-state index contributed by atoms with van der Waals surface area (Å²) >= 11 is 11.3. The predicted molar refractivity (Wildman–Crippen MR) is 76.7 cm³/mol. The number of nitrogens with one attached hydrogen (secondary N) is 1. The highest BCUT2D eigenvalue weighted by molar-refractivity contribution is 9.10. The van der Waals surface area contributed by atoms with E-state index in [1.165, 1.54) is 0 Å². The first kappa shape index (κ1) is 12.3. The average Bonchev–Trinajstić information content (AvgIpc) is 2.73. The van der Waals surface area contributed by atoms with Crippen molar-refractivity contribution >= 4 is 50.1 Å². The van der Waals surface area contributed by atoms with E-state index >= 15 is 0 Å². The van der Waals surface area contributed by atoms with Crippen molar-refractivity contribution in [3.05, 3.63) is 27.7 Å². The van der Waals surface area contributed by atoms with Crippen molar-refractivity contribution in [3.8, 4) is 0 Å². The molecule has 1 aliphatic heterocycles. The van der Waals surface area contributed by atoms with Gasteiger partial charge in [-0.3, -0.25) is 4.99 Å². The highest BCUT2D eigenvalue weighted by atomic mass is 79.9. The Hall–Kier alpha value is -0.190. The molecule has 0 bridgehead atoms. The van der Waals surface area contributed by atoms with Crippen molar-refractivity contribution < 1.29 is 0 Å². The summed E-state index contributed by atoms with van der Waals surface area (Å²) in [5, 5.41) is 5.60. The normalized spacial score (nSPS) is 19.7. The number of nitrogens with zero attached hydrogens (tertiary/aromatic N) is 1. The third-order valence-corrected chi connectivity index (χ3v) is 5.03. The van der Waals surface area contributed by atoms with Crippen molar-refractivity contribution in [2.45, 2.75) is 18.6 Å². The lowest BCUT2D eigenvalue weighted by Crippen LogP contribution is -2.07. The summed E-state index contributed by atoms with van der Waals surface area (Å²) in [6, 6.07) is 5.76. The molecule has 1 N–H and O–H groups in total. The molecule has 1 atom stereocenters. The van der Waals surface area contributed by atoms with Crippen LogP contribution >= 0.6 is 39.3 Å². The second kappa shape index (κ2) is 5.43. The minimum atomic E-state index is 0.612. The maximum Gasteiger partial charge on any atom is 0.161 e. The maximum absolute atomic E-state index is 6.02. The second-order valence-corrected chi connectivity index (χ2v) is 6.01. The number of benzene rings is 1. The van der Waals surface area contributed by atoms with Gasteiger partial charge in [-0.15, -0.1) is 0 Å². The Balaban J connectivity index is 2.08. The van der Waals surface area contributed by atoms with E-state index in [9.17, 15) is 0 Å². The summed E-state index contributed by atoms with van der Waals surface area (Å²) in [5.74, 6) is 0. The van der Waals surface area contributed by atoms with Crippen LogP contribution < -0.4 is 5.32 Å². The zero-order chi connectivity index (χ0) is 11.5. The number of thioether (sulfide) groups is 1. The van der Waals surface area contributed by atoms with Crippen LogP contribution in [0.15, 0.2) is 27.7 Å². The average molecular weight is 320 g/mol. The summed E-state index contributed by atoms with van der Waals surface area (Å²) in [6.07, 6.45) is 1.15. The van der Waals surface area contributed by atoms with Gasteiger partial charge in [0, 0.05) is 5.25 Å². The first-order chi connectivity index (χ1) is 7.70. The third-order valence-electron chi connectivity index (χ3n) is 2.37. The number of hydrogen-bond acceptors (Lipinski definition) is 3. The van der Waals surface area contributed by atoms with Gasteiger partial charge in [0.25, 0.3) is 0 Å². The zero-order valence-electron chi connectivity index (χ0n) is 8.84. The lowest BCUT2D eigenvalue weighted by Gasteiger charge is -2.09. The summed E-state index contributed by atoms with van der Waals surface area (Å²) in [4.78, 5) is 4.46. The van der Waals surface area contributed by atoms with Crippen LogP contribution in [0.1, 0.15) is 13.3 Å². The Morgan fingerprint density at radius 2 is 2.44 bits per heavy atom. The van der Waals surface area contributed by atoms with Crippen LogP contribution in [0.4, 0.5) is 5.69 Å². The van der Waals surface area contributed by atoms with Gasteiger partial charge in [-0.1, -0.05) is 36.4 Å². The molecule has 1 aromatic carbocycles. The van der Waals surface area contributed by atoms with Gasteiger partial charge in [-0.2, -0.15) is 0 Å². The molecule has 1 heterocycles. The molecule has 0 saturated carbocycles. The Morgan fingerprint density at radius 3 is 3.12 bits per heavy atom. The van der Waals surface area contributed by atoms with E-state index in [1.54, 1.807) is 11.8 Å². The van der Waals surface area contributed by atoms with Crippen molar-refractivity contribution in [2.75, 3.05) is 11.9 Å². The SMILES string of the molecule is CCC1CN=C(Nc2cccc(Cl)c2Br)S1. The van der Waals surface area contributed by atoms with Gasteiger partial charge in [0.1, 0.15) is 0 Å². The molecule has 2 nitrogen and oxygen atoms in total. The van der Waals surface area contributed by atoms with Crippen LogP contribution in [0.5, 0.6) is 0 Å². The highest BCUT2D eigenvalue weighted by Gasteiger charge is 2.18.